The highest BCUT2D eigenvalue weighted by atomic mass is 19.4. The topological polar surface area (TPSA) is 58.6 Å². The van der Waals surface area contributed by atoms with E-state index in [9.17, 15) is 18.0 Å². The maximum atomic E-state index is 12.5. The lowest BCUT2D eigenvalue weighted by Gasteiger charge is -2.34. The van der Waals surface area contributed by atoms with E-state index in [-0.39, 0.29) is 31.5 Å². The molecule has 1 fully saturated rings. The summed E-state index contributed by atoms with van der Waals surface area (Å²) in [7, 11) is 0. The van der Waals surface area contributed by atoms with Crippen LogP contribution in [0.1, 0.15) is 20.3 Å². The largest absolute Gasteiger partial charge is 0.419 e. The fourth-order valence-electron chi connectivity index (χ4n) is 2.14. The van der Waals surface area contributed by atoms with E-state index in [1.165, 1.54) is 0 Å². The molecule has 1 atom stereocenters. The van der Waals surface area contributed by atoms with Crippen molar-refractivity contribution in [3.8, 4) is 0 Å². The molecule has 1 unspecified atom stereocenters. The maximum absolute atomic E-state index is 12.5. The van der Waals surface area contributed by atoms with Crippen molar-refractivity contribution in [1.29, 1.82) is 0 Å². The Hall–Kier alpha value is -1.90. The van der Waals surface area contributed by atoms with Crippen LogP contribution < -0.4 is 4.90 Å². The van der Waals surface area contributed by atoms with E-state index in [1.54, 1.807) is 16.7 Å². The van der Waals surface area contributed by atoms with Gasteiger partial charge in [-0.2, -0.15) is 13.2 Å². The van der Waals surface area contributed by atoms with Crippen molar-refractivity contribution in [3.63, 3.8) is 0 Å². The van der Waals surface area contributed by atoms with Crippen LogP contribution in [0.5, 0.6) is 0 Å². The minimum absolute atomic E-state index is 0.0694. The summed E-state index contributed by atoms with van der Waals surface area (Å²) < 4.78 is 49.9. The molecule has 0 aliphatic carbocycles. The first-order valence-electron chi connectivity index (χ1n) is 7.77. The average Bonchev–Trinajstić information content (AvgIpc) is 2.54. The van der Waals surface area contributed by atoms with Gasteiger partial charge in [0.2, 0.25) is 11.9 Å². The predicted molar refractivity (Wildman–Crippen MR) is 76.9 cm³/mol. The van der Waals surface area contributed by atoms with E-state index < -0.39 is 11.7 Å². The molecule has 2 rings (SSSR count). The monoisotopic (exact) mass is 333 g/mol. The van der Waals surface area contributed by atoms with Gasteiger partial charge in [-0.1, -0.05) is 6.92 Å². The maximum Gasteiger partial charge on any atom is 0.419 e. The molecular formula is C14H19F3N4O2. The molecule has 1 saturated heterocycles. The Morgan fingerprint density at radius 2 is 1.91 bits per heavy atom. The molecule has 1 aliphatic rings. The highest BCUT2D eigenvalue weighted by Gasteiger charge is 2.32. The highest BCUT2D eigenvalue weighted by Crippen LogP contribution is 2.28. The van der Waals surface area contributed by atoms with Crippen LogP contribution >= 0.6 is 0 Å². The van der Waals surface area contributed by atoms with Crippen molar-refractivity contribution in [2.24, 2.45) is 0 Å². The third kappa shape index (κ3) is 4.78. The van der Waals surface area contributed by atoms with Crippen LogP contribution in [0.3, 0.4) is 0 Å². The second kappa shape index (κ2) is 7.58. The summed E-state index contributed by atoms with van der Waals surface area (Å²) in [5.41, 5.74) is -0.888. The number of halogens is 3. The van der Waals surface area contributed by atoms with Gasteiger partial charge in [0.15, 0.2) is 0 Å². The van der Waals surface area contributed by atoms with E-state index in [0.29, 0.717) is 26.2 Å². The molecule has 1 aliphatic heterocycles. The van der Waals surface area contributed by atoms with Gasteiger partial charge in [0.25, 0.3) is 0 Å². The smallest absolute Gasteiger partial charge is 0.372 e. The molecule has 6 nitrogen and oxygen atoms in total. The number of nitrogens with zero attached hydrogens (tertiary/aromatic N) is 4. The Morgan fingerprint density at radius 1 is 1.30 bits per heavy atom. The Kier molecular flexibility index (Phi) is 5.27. The average molecular weight is 333 g/mol. The minimum atomic E-state index is -4.46. The van der Waals surface area contributed by atoms with Crippen LogP contribution in [-0.2, 0) is 15.7 Å². The van der Waals surface area contributed by atoms with Gasteiger partial charge < -0.3 is 14.5 Å². The lowest BCUT2D eigenvalue weighted by atomic mass is 10.3. The van der Waals surface area contributed by atoms with Gasteiger partial charge in [-0.15, -0.1) is 0 Å². The molecule has 0 radical (unpaired) electrons. The van der Waals surface area contributed by atoms with Crippen molar-refractivity contribution in [3.05, 3.63) is 18.0 Å². The van der Waals surface area contributed by atoms with Crippen LogP contribution in [0.4, 0.5) is 19.1 Å². The molecule has 2 heterocycles. The van der Waals surface area contributed by atoms with Crippen LogP contribution in [0, 0.1) is 0 Å². The molecule has 1 amide bonds. The first-order valence-corrected chi connectivity index (χ1v) is 7.19. The number of anilines is 1. The number of hydrogen-bond acceptors (Lipinski definition) is 5. The third-order valence-corrected chi connectivity index (χ3v) is 3.39. The number of carbonyl (C=O) groups is 1. The van der Waals surface area contributed by atoms with Gasteiger partial charge in [-0.3, -0.25) is 4.79 Å². The second-order valence-corrected chi connectivity index (χ2v) is 5.06. The molecule has 1 aromatic rings. The number of aromatic nitrogens is 2. The van der Waals surface area contributed by atoms with E-state index >= 15 is 0 Å². The van der Waals surface area contributed by atoms with Crippen LogP contribution in [0.15, 0.2) is 12.4 Å². The van der Waals surface area contributed by atoms with Gasteiger partial charge in [0.05, 0.1) is 5.56 Å². The summed E-state index contributed by atoms with van der Waals surface area (Å²) in [6, 6.07) is 0. The van der Waals surface area contributed by atoms with Gasteiger partial charge in [-0.25, -0.2) is 9.97 Å². The molecule has 0 bridgehead atoms. The van der Waals surface area contributed by atoms with Crippen molar-refractivity contribution < 1.29 is 24.1 Å². The van der Waals surface area contributed by atoms with Crippen molar-refractivity contribution in [1.82, 2.24) is 14.9 Å². The normalized spacial score (nSPS) is 17.8. The summed E-state index contributed by atoms with van der Waals surface area (Å²) in [5, 5.41) is 0. The Morgan fingerprint density at radius 3 is 2.43 bits per heavy atom. The standard InChI is InChI=1S/C14H19F3N4O2/c1-2-7-23-10-12(22)20-3-5-21(6-4-20)13-18-8-11(9-19-13)14(15,16)17/h8-9H,2-7,10H2,1H3/i2D. The number of rotatable bonds is 5. The molecule has 0 saturated carbocycles. The van der Waals surface area contributed by atoms with Gasteiger partial charge in [0.1, 0.15) is 6.61 Å². The number of ether oxygens (including phenoxy) is 1. The van der Waals surface area contributed by atoms with Crippen molar-refractivity contribution >= 4 is 11.9 Å². The summed E-state index contributed by atoms with van der Waals surface area (Å²) >= 11 is 0. The molecule has 9 heteroatoms. The zero-order valence-corrected chi connectivity index (χ0v) is 12.7. The molecular weight excluding hydrogens is 313 g/mol. The predicted octanol–water partition coefficient (Wildman–Crippen LogP) is 1.57. The summed E-state index contributed by atoms with van der Waals surface area (Å²) in [5.74, 6) is 0.0537. The fraction of sp³-hybridized carbons (Fsp3) is 0.643. The number of hydrogen-bond donors (Lipinski definition) is 0. The first-order chi connectivity index (χ1) is 11.3. The van der Waals surface area contributed by atoms with E-state index in [4.69, 9.17) is 6.11 Å². The number of piperazine rings is 1. The Bertz CT molecular complexity index is 546. The van der Waals surface area contributed by atoms with Crippen LogP contribution in [0.2, 0.25) is 0 Å². The van der Waals surface area contributed by atoms with E-state index in [0.717, 1.165) is 12.4 Å². The summed E-state index contributed by atoms with van der Waals surface area (Å²) in [6.45, 7) is 3.52. The lowest BCUT2D eigenvalue weighted by Crippen LogP contribution is -2.50. The first kappa shape index (κ1) is 16.0. The zero-order chi connectivity index (χ0) is 17.7. The Labute approximate surface area is 133 Å². The van der Waals surface area contributed by atoms with Gasteiger partial charge in [0, 0.05) is 46.6 Å². The highest BCUT2D eigenvalue weighted by molar-refractivity contribution is 5.77. The summed E-state index contributed by atoms with van der Waals surface area (Å²) in [4.78, 5) is 22.8. The molecule has 23 heavy (non-hydrogen) atoms. The van der Waals surface area contributed by atoms with Crippen LogP contribution in [0.25, 0.3) is 0 Å². The molecule has 0 N–H and O–H groups in total. The van der Waals surface area contributed by atoms with Gasteiger partial charge >= 0.3 is 6.18 Å². The van der Waals surface area contributed by atoms with Crippen LogP contribution in [-0.4, -0.2) is 60.2 Å². The minimum Gasteiger partial charge on any atom is -0.372 e. The summed E-state index contributed by atoms with van der Waals surface area (Å²) in [6.07, 6.45) is -3.32. The number of alkyl halides is 3. The molecule has 1 aromatic heterocycles. The molecule has 0 aromatic carbocycles. The van der Waals surface area contributed by atoms with E-state index in [2.05, 4.69) is 9.97 Å². The quantitative estimate of drug-likeness (QED) is 0.819. The molecule has 0 spiro atoms. The fourth-order valence-corrected chi connectivity index (χ4v) is 2.14. The number of carbonyl (C=O) groups excluding carboxylic acids is 1. The van der Waals surface area contributed by atoms with E-state index in [1.807, 2.05) is 0 Å². The SMILES string of the molecule is [2H]C(C)COCC(=O)N1CCN(c2ncc(C(F)(F)F)cn2)CC1. The zero-order valence-electron chi connectivity index (χ0n) is 13.7. The Balaban J connectivity index is 1.83. The number of amides is 1. The molecule has 128 valence electrons. The third-order valence-electron chi connectivity index (χ3n) is 3.39. The van der Waals surface area contributed by atoms with Crippen molar-refractivity contribution in [2.45, 2.75) is 19.5 Å². The van der Waals surface area contributed by atoms with Gasteiger partial charge in [-0.05, 0) is 6.40 Å². The second-order valence-electron chi connectivity index (χ2n) is 5.06. The van der Waals surface area contributed by atoms with Crippen molar-refractivity contribution in [2.75, 3.05) is 44.3 Å². The lowest BCUT2D eigenvalue weighted by molar-refractivity contribution is -0.138.